The van der Waals surface area contributed by atoms with E-state index in [-0.39, 0.29) is 87.6 Å². The summed E-state index contributed by atoms with van der Waals surface area (Å²) in [5, 5.41) is 23.7. The minimum atomic E-state index is -1.00. The van der Waals surface area contributed by atoms with E-state index in [9.17, 15) is 33.9 Å². The molecule has 20 heteroatoms. The Bertz CT molecular complexity index is 2970. The first kappa shape index (κ1) is 56.5. The van der Waals surface area contributed by atoms with E-state index in [0.717, 1.165) is 25.1 Å². The van der Waals surface area contributed by atoms with Gasteiger partial charge < -0.3 is 36.2 Å². The first-order valence-corrected chi connectivity index (χ1v) is 27.0. The monoisotopic (exact) mass is 1120 g/mol. The van der Waals surface area contributed by atoms with Crippen LogP contribution in [0.3, 0.4) is 0 Å². The van der Waals surface area contributed by atoms with Gasteiger partial charge >= 0.3 is 0 Å². The molecule has 2 atom stereocenters. The van der Waals surface area contributed by atoms with Crippen molar-refractivity contribution in [1.82, 2.24) is 40.6 Å². The minimum Gasteiger partial charge on any atom is -0.390 e. The van der Waals surface area contributed by atoms with Gasteiger partial charge in [0.15, 0.2) is 5.78 Å². The van der Waals surface area contributed by atoms with E-state index < -0.39 is 29.9 Å². The number of aliphatic hydroxyl groups is 1. The van der Waals surface area contributed by atoms with Crippen molar-refractivity contribution in [2.75, 3.05) is 57.7 Å². The van der Waals surface area contributed by atoms with Crippen LogP contribution in [0.4, 0.5) is 5.82 Å². The Kier molecular flexibility index (Phi) is 19.9. The Labute approximate surface area is 467 Å². The number of ketones is 1. The fourth-order valence-electron chi connectivity index (χ4n) is 9.38. The number of fused-ring (bicyclic) bond motifs is 1. The number of nitrogens with zero attached hydrogens (tertiary/aromatic N) is 5. The second kappa shape index (κ2) is 27.1. The number of nitrogens with one attached hydrogen (secondary N) is 4. The largest absolute Gasteiger partial charge is 0.390 e. The van der Waals surface area contributed by atoms with Gasteiger partial charge in [-0.3, -0.25) is 33.7 Å². The lowest BCUT2D eigenvalue weighted by atomic mass is 9.93. The molecular weight excluding hydrogens is 1060 g/mol. The third kappa shape index (κ3) is 16.2. The molecule has 0 aliphatic carbocycles. The maximum Gasteiger partial charge on any atom is 0.270 e. The molecule has 0 bridgehead atoms. The van der Waals surface area contributed by atoms with Gasteiger partial charge in [0, 0.05) is 102 Å². The summed E-state index contributed by atoms with van der Waals surface area (Å²) in [6.45, 7) is 3.18. The summed E-state index contributed by atoms with van der Waals surface area (Å²) >= 11 is 25.0. The lowest BCUT2D eigenvalue weighted by Crippen LogP contribution is -2.57. The highest BCUT2D eigenvalue weighted by atomic mass is 35.5. The van der Waals surface area contributed by atoms with Crippen molar-refractivity contribution in [3.8, 4) is 0 Å². The van der Waals surface area contributed by atoms with E-state index in [1.165, 1.54) is 22.4 Å². The van der Waals surface area contributed by atoms with Gasteiger partial charge in [-0.2, -0.15) is 0 Å². The number of aliphatic hydroxyl groups excluding tert-OH is 1. The fraction of sp³-hybridized carbons (Fsp3) is 0.333. The first-order valence-electron chi connectivity index (χ1n) is 25.5. The molecule has 0 saturated carbocycles. The molecule has 16 nitrogen and oxygen atoms in total. The molecule has 0 unspecified atom stereocenters. The van der Waals surface area contributed by atoms with Gasteiger partial charge in [0.05, 0.1) is 32.2 Å². The van der Waals surface area contributed by atoms with Crippen molar-refractivity contribution >= 4 is 99.7 Å². The van der Waals surface area contributed by atoms with Crippen LogP contribution in [0.1, 0.15) is 70.4 Å². The van der Waals surface area contributed by atoms with Crippen molar-refractivity contribution in [3.63, 3.8) is 0 Å². The first-order chi connectivity index (χ1) is 37.1. The normalized spacial score (nSPS) is 16.6. The number of benzene rings is 4. The number of rotatable bonds is 21. The SMILES string of the molecule is O=C(CCCC(=O)N[C@@H](Cc1ccccc1)C(=O)N1C/C(=C\c2ccc(Cl)c(Cl)c2)C(=O)/C(=C/c2ccc(Cl)c(Cl)c2)C1)NCCCC(=O)N1CC(Nc2cc(C(=O)NC[C@H](O)CN3CCc4ccccc4C3)ncn2)C1. The number of carbonyl (C=O) groups excluding carboxylic acids is 6. The number of hydrogen-bond acceptors (Lipinski definition) is 11. The van der Waals surface area contributed by atoms with Crippen molar-refractivity contribution in [3.05, 3.63) is 168 Å². The second-order valence-electron chi connectivity index (χ2n) is 19.4. The summed E-state index contributed by atoms with van der Waals surface area (Å²) < 4.78 is 0. The molecule has 77 heavy (non-hydrogen) atoms. The Morgan fingerprint density at radius 2 is 1.35 bits per heavy atom. The standard InChI is InChI=1S/C57H59Cl4N9O7/c58-45-17-15-37(24-47(45)60)22-41-30-70(31-42(55(41)75)23-38-16-18-46(59)48(61)25-38)57(77)50(26-36-8-2-1-3-9-36)67-53(73)13-6-12-52(72)62-20-7-14-54(74)69-32-43(33-69)66-51-27-49(64-35-65-51)56(76)63-28-44(71)34-68-21-19-39-10-4-5-11-40(39)29-68/h1-5,8-11,15-18,22-25,27,35,43-44,50,71H,6-7,12-14,19-21,26,28-34H2,(H,62,72)(H,63,76)(H,67,73)(H,64,65,66)/b41-22+,42-23+/t44-,50-/m0/s1. The lowest BCUT2D eigenvalue weighted by Gasteiger charge is -2.40. The molecule has 5 N–H and O–H groups in total. The summed E-state index contributed by atoms with van der Waals surface area (Å²) in [7, 11) is 0. The number of amides is 5. The number of Topliss-reactive ketones (excluding diaryl/α,β-unsaturated/α-hetero) is 1. The smallest absolute Gasteiger partial charge is 0.270 e. The number of halogens is 4. The van der Waals surface area contributed by atoms with E-state index in [1.807, 2.05) is 42.5 Å². The lowest BCUT2D eigenvalue weighted by molar-refractivity contribution is -0.136. The minimum absolute atomic E-state index is 0.0266. The molecule has 402 valence electrons. The van der Waals surface area contributed by atoms with Crippen LogP contribution >= 0.6 is 46.4 Å². The number of likely N-dealkylation sites (tertiary alicyclic amines) is 2. The molecule has 0 radical (unpaired) electrons. The van der Waals surface area contributed by atoms with E-state index in [4.69, 9.17) is 46.4 Å². The van der Waals surface area contributed by atoms with Gasteiger partial charge in [0.1, 0.15) is 23.9 Å². The van der Waals surface area contributed by atoms with E-state index in [1.54, 1.807) is 59.5 Å². The van der Waals surface area contributed by atoms with E-state index >= 15 is 0 Å². The van der Waals surface area contributed by atoms with Crippen LogP contribution in [-0.4, -0.2) is 136 Å². The quantitative estimate of drug-likeness (QED) is 0.0366. The van der Waals surface area contributed by atoms with Crippen LogP contribution in [0.2, 0.25) is 20.1 Å². The third-order valence-corrected chi connectivity index (χ3v) is 14.9. The van der Waals surface area contributed by atoms with Crippen molar-refractivity contribution in [2.45, 2.75) is 69.7 Å². The third-order valence-electron chi connectivity index (χ3n) is 13.5. The average Bonchev–Trinajstić information content (AvgIpc) is 3.41. The van der Waals surface area contributed by atoms with E-state index in [2.05, 4.69) is 48.3 Å². The second-order valence-corrected chi connectivity index (χ2v) is 21.0. The molecule has 2 fully saturated rings. The number of piperidine rings is 1. The Morgan fingerprint density at radius 3 is 2.03 bits per heavy atom. The number of β-amino-alcohol motifs (C(OH)–C–C–N with tert-alkyl or cyclic N) is 1. The van der Waals surface area contributed by atoms with E-state index in [0.29, 0.717) is 74.2 Å². The zero-order valence-electron chi connectivity index (χ0n) is 42.2. The summed E-state index contributed by atoms with van der Waals surface area (Å²) in [6, 6.07) is 28.0. The molecule has 0 spiro atoms. The van der Waals surface area contributed by atoms with Crippen LogP contribution in [-0.2, 0) is 43.4 Å². The summed E-state index contributed by atoms with van der Waals surface area (Å²) in [5.41, 5.74) is 5.40. The average molecular weight is 1120 g/mol. The Hall–Kier alpha value is -6.66. The number of carbonyl (C=O) groups is 6. The van der Waals surface area contributed by atoms with Crippen molar-refractivity contribution < 1.29 is 33.9 Å². The van der Waals surface area contributed by atoms with Gasteiger partial charge in [-0.05, 0) is 83.5 Å². The molecule has 5 aromatic rings. The topological polar surface area (TPSA) is 206 Å². The molecule has 1 aromatic heterocycles. The summed E-state index contributed by atoms with van der Waals surface area (Å²) in [4.78, 5) is 94.4. The van der Waals surface area contributed by atoms with Crippen LogP contribution < -0.4 is 21.3 Å². The number of aromatic nitrogens is 2. The zero-order valence-corrected chi connectivity index (χ0v) is 45.2. The highest BCUT2D eigenvalue weighted by Crippen LogP contribution is 2.29. The highest BCUT2D eigenvalue weighted by molar-refractivity contribution is 6.42. The van der Waals surface area contributed by atoms with Gasteiger partial charge in [-0.1, -0.05) is 113 Å². The molecule has 4 heterocycles. The predicted octanol–water partition coefficient (Wildman–Crippen LogP) is 7.23. The fourth-order valence-corrected chi connectivity index (χ4v) is 9.99. The van der Waals surface area contributed by atoms with Crippen LogP contribution in [0.5, 0.6) is 0 Å². The molecule has 2 saturated heterocycles. The highest BCUT2D eigenvalue weighted by Gasteiger charge is 2.34. The maximum absolute atomic E-state index is 14.5. The van der Waals surface area contributed by atoms with Gasteiger partial charge in [0.25, 0.3) is 5.91 Å². The zero-order chi connectivity index (χ0) is 54.4. The van der Waals surface area contributed by atoms with Crippen molar-refractivity contribution in [2.24, 2.45) is 0 Å². The molecule has 3 aliphatic rings. The van der Waals surface area contributed by atoms with Crippen molar-refractivity contribution in [1.29, 1.82) is 0 Å². The summed E-state index contributed by atoms with van der Waals surface area (Å²) in [6.07, 6.45) is 5.86. The maximum atomic E-state index is 14.5. The van der Waals surface area contributed by atoms with Crippen LogP contribution in [0.15, 0.2) is 115 Å². The molecule has 5 amide bonds. The van der Waals surface area contributed by atoms with Gasteiger partial charge in [-0.25, -0.2) is 9.97 Å². The molecule has 3 aliphatic heterocycles. The Balaban J connectivity index is 0.757. The Morgan fingerprint density at radius 1 is 0.701 bits per heavy atom. The van der Waals surface area contributed by atoms with Crippen LogP contribution in [0, 0.1) is 0 Å². The van der Waals surface area contributed by atoms with Gasteiger partial charge in [-0.15, -0.1) is 0 Å². The van der Waals surface area contributed by atoms with Gasteiger partial charge in [0.2, 0.25) is 23.6 Å². The summed E-state index contributed by atoms with van der Waals surface area (Å²) in [5.74, 6) is -1.41. The number of hydrogen-bond donors (Lipinski definition) is 5. The predicted molar refractivity (Wildman–Crippen MR) is 298 cm³/mol. The van der Waals surface area contributed by atoms with Crippen LogP contribution in [0.25, 0.3) is 12.2 Å². The molecular formula is C57H59Cl4N9O7. The molecule has 4 aromatic carbocycles. The molecule has 8 rings (SSSR count). The number of anilines is 1.